The number of hydrogen-bond acceptors (Lipinski definition) is 3. The molecule has 21 heavy (non-hydrogen) atoms. The zero-order chi connectivity index (χ0) is 15.1. The predicted octanol–water partition coefficient (Wildman–Crippen LogP) is 0.0734. The van der Waals surface area contributed by atoms with Gasteiger partial charge in [0.15, 0.2) is 5.65 Å². The average Bonchev–Trinajstić information content (AvgIpc) is 2.83. The summed E-state index contributed by atoms with van der Waals surface area (Å²) in [5, 5.41) is 0. The summed E-state index contributed by atoms with van der Waals surface area (Å²) in [7, 11) is 1.75. The predicted molar refractivity (Wildman–Crippen MR) is 83.9 cm³/mol. The number of fused-ring (bicyclic) bond motifs is 1. The fourth-order valence-corrected chi connectivity index (χ4v) is 2.46. The average molecular weight is 282 g/mol. The van der Waals surface area contributed by atoms with Gasteiger partial charge in [0, 0.05) is 6.54 Å². The number of imidazole rings is 1. The summed E-state index contributed by atoms with van der Waals surface area (Å²) in [6.45, 7) is 4.09. The highest BCUT2D eigenvalue weighted by Crippen LogP contribution is 2.12. The Morgan fingerprint density at radius 2 is 1.86 bits per heavy atom. The highest BCUT2D eigenvalue weighted by molar-refractivity contribution is 6.10. The SMILES string of the molecule is Bn1cnc2c1c(=O)n(CC)c(=O)n2-c1ccc(C)cc1. The molecular weight excluding hydrogens is 267 g/mol. The van der Waals surface area contributed by atoms with E-state index in [2.05, 4.69) is 4.98 Å². The van der Waals surface area contributed by atoms with Gasteiger partial charge in [-0.05, 0) is 26.0 Å². The van der Waals surface area contributed by atoms with Gasteiger partial charge in [0.05, 0.1) is 12.0 Å². The maximum atomic E-state index is 12.6. The lowest BCUT2D eigenvalue weighted by atomic mass is 10.2. The van der Waals surface area contributed by atoms with Crippen molar-refractivity contribution in [2.45, 2.75) is 20.4 Å². The first-order chi connectivity index (χ1) is 10.0. The van der Waals surface area contributed by atoms with Crippen LogP contribution in [0, 0.1) is 6.92 Å². The van der Waals surface area contributed by atoms with Crippen molar-refractivity contribution >= 4 is 19.1 Å². The van der Waals surface area contributed by atoms with Crippen molar-refractivity contribution in [3.05, 3.63) is 57.0 Å². The first-order valence-corrected chi connectivity index (χ1v) is 6.78. The van der Waals surface area contributed by atoms with Crippen LogP contribution in [0.1, 0.15) is 12.5 Å². The second-order valence-corrected chi connectivity index (χ2v) is 5.03. The van der Waals surface area contributed by atoms with Crippen molar-refractivity contribution in [3.8, 4) is 5.69 Å². The van der Waals surface area contributed by atoms with Crippen LogP contribution in [-0.2, 0) is 6.54 Å². The zero-order valence-corrected chi connectivity index (χ0v) is 12.2. The van der Waals surface area contributed by atoms with Gasteiger partial charge in [-0.25, -0.2) is 14.3 Å². The molecule has 0 spiro atoms. The highest BCUT2D eigenvalue weighted by atomic mass is 16.2. The summed E-state index contributed by atoms with van der Waals surface area (Å²) in [4.78, 5) is 29.2. The molecule has 7 heteroatoms. The number of benzene rings is 1. The molecule has 0 bridgehead atoms. The van der Waals surface area contributed by atoms with Crippen molar-refractivity contribution < 1.29 is 0 Å². The van der Waals surface area contributed by atoms with Crippen molar-refractivity contribution in [2.24, 2.45) is 0 Å². The fourth-order valence-electron chi connectivity index (χ4n) is 2.46. The van der Waals surface area contributed by atoms with Crippen LogP contribution in [0.15, 0.2) is 40.2 Å². The molecule has 0 unspecified atom stereocenters. The molecule has 0 aliphatic heterocycles. The number of aryl methyl sites for hydroxylation is 1. The van der Waals surface area contributed by atoms with E-state index in [0.717, 1.165) is 5.56 Å². The van der Waals surface area contributed by atoms with Crippen LogP contribution in [0.25, 0.3) is 16.9 Å². The summed E-state index contributed by atoms with van der Waals surface area (Å²) >= 11 is 0. The van der Waals surface area contributed by atoms with Gasteiger partial charge in [-0.3, -0.25) is 9.36 Å². The lowest BCUT2D eigenvalue weighted by Crippen LogP contribution is -2.39. The third kappa shape index (κ3) is 1.93. The smallest absolute Gasteiger partial charge is 0.337 e. The van der Waals surface area contributed by atoms with Crippen LogP contribution in [-0.4, -0.2) is 26.6 Å². The minimum atomic E-state index is -0.363. The quantitative estimate of drug-likeness (QED) is 0.625. The first-order valence-electron chi connectivity index (χ1n) is 6.78. The zero-order valence-electron chi connectivity index (χ0n) is 12.2. The number of aromatic nitrogens is 4. The van der Waals surface area contributed by atoms with Gasteiger partial charge in [0.2, 0.25) is 7.98 Å². The van der Waals surface area contributed by atoms with Crippen molar-refractivity contribution in [3.63, 3.8) is 0 Å². The minimum absolute atomic E-state index is 0.305. The van der Waals surface area contributed by atoms with Crippen molar-refractivity contribution in [1.29, 1.82) is 0 Å². The lowest BCUT2D eigenvalue weighted by molar-refractivity contribution is 0.659. The van der Waals surface area contributed by atoms with E-state index in [9.17, 15) is 9.59 Å². The largest absolute Gasteiger partial charge is 0.377 e. The second-order valence-electron chi connectivity index (χ2n) is 5.03. The Hall–Kier alpha value is -2.57. The highest BCUT2D eigenvalue weighted by Gasteiger charge is 2.16. The fraction of sp³-hybridized carbons (Fsp3) is 0.214. The normalized spacial score (nSPS) is 11.1. The number of hydrogen-bond donors (Lipinski definition) is 0. The summed E-state index contributed by atoms with van der Waals surface area (Å²) in [6.07, 6.45) is 1.55. The van der Waals surface area contributed by atoms with Crippen molar-refractivity contribution in [1.82, 2.24) is 18.6 Å². The Balaban J connectivity index is 2.50. The maximum absolute atomic E-state index is 12.6. The molecule has 1 aromatic carbocycles. The summed E-state index contributed by atoms with van der Waals surface area (Å²) in [6, 6.07) is 7.57. The molecule has 0 radical (unpaired) electrons. The van der Waals surface area contributed by atoms with Gasteiger partial charge >= 0.3 is 5.69 Å². The summed E-state index contributed by atoms with van der Waals surface area (Å²) in [5.74, 6) is 0. The molecular formula is C14H15BN4O2. The van der Waals surface area contributed by atoms with Gasteiger partial charge in [0.1, 0.15) is 5.52 Å². The Morgan fingerprint density at radius 1 is 1.19 bits per heavy atom. The van der Waals surface area contributed by atoms with E-state index in [0.29, 0.717) is 23.4 Å². The van der Waals surface area contributed by atoms with E-state index in [1.54, 1.807) is 25.7 Å². The first kappa shape index (κ1) is 13.4. The van der Waals surface area contributed by atoms with E-state index in [-0.39, 0.29) is 11.2 Å². The van der Waals surface area contributed by atoms with E-state index in [1.807, 2.05) is 31.2 Å². The number of nitrogens with zero attached hydrogens (tertiary/aromatic N) is 4. The Morgan fingerprint density at radius 3 is 2.48 bits per heavy atom. The summed E-state index contributed by atoms with van der Waals surface area (Å²) in [5.41, 5.74) is 1.96. The molecule has 106 valence electrons. The standard InChI is InChI=1S/C14H15BN4O2/c1-3-17-13(20)11-12(16-8-18(11)15)19(14(17)21)10-6-4-9(2)5-7-10/h4-8H,3,15H2,1-2H3. The Bertz CT molecular complexity index is 934. The molecule has 0 aliphatic rings. The van der Waals surface area contributed by atoms with E-state index in [1.165, 1.54) is 9.13 Å². The van der Waals surface area contributed by atoms with E-state index >= 15 is 0 Å². The van der Waals surface area contributed by atoms with Gasteiger partial charge in [-0.2, -0.15) is 0 Å². The van der Waals surface area contributed by atoms with Crippen molar-refractivity contribution in [2.75, 3.05) is 0 Å². The van der Waals surface area contributed by atoms with Gasteiger partial charge < -0.3 is 4.48 Å². The number of rotatable bonds is 2. The molecule has 0 atom stereocenters. The molecule has 0 saturated heterocycles. The monoisotopic (exact) mass is 282 g/mol. The van der Waals surface area contributed by atoms with Crippen LogP contribution in [0.3, 0.4) is 0 Å². The van der Waals surface area contributed by atoms with Crippen LogP contribution in [0.2, 0.25) is 0 Å². The minimum Gasteiger partial charge on any atom is -0.377 e. The van der Waals surface area contributed by atoms with Gasteiger partial charge in [-0.1, -0.05) is 17.7 Å². The van der Waals surface area contributed by atoms with E-state index in [4.69, 9.17) is 0 Å². The van der Waals surface area contributed by atoms with E-state index < -0.39 is 0 Å². The molecule has 0 aliphatic carbocycles. The third-order valence-corrected chi connectivity index (χ3v) is 3.61. The van der Waals surface area contributed by atoms with Crippen LogP contribution in [0.5, 0.6) is 0 Å². The molecule has 0 fully saturated rings. The van der Waals surface area contributed by atoms with Gasteiger partial charge in [-0.15, -0.1) is 0 Å². The Kier molecular flexibility index (Phi) is 3.05. The van der Waals surface area contributed by atoms with Crippen LogP contribution >= 0.6 is 0 Å². The maximum Gasteiger partial charge on any atom is 0.337 e. The molecule has 2 aromatic heterocycles. The molecule has 6 nitrogen and oxygen atoms in total. The third-order valence-electron chi connectivity index (χ3n) is 3.61. The van der Waals surface area contributed by atoms with Crippen LogP contribution in [0.4, 0.5) is 0 Å². The molecule has 3 rings (SSSR count). The molecule has 0 saturated carbocycles. The molecule has 3 aromatic rings. The molecule has 0 N–H and O–H groups in total. The Labute approximate surface area is 121 Å². The summed E-state index contributed by atoms with van der Waals surface area (Å²) < 4.78 is 4.36. The lowest BCUT2D eigenvalue weighted by Gasteiger charge is -2.11. The molecule has 2 heterocycles. The topological polar surface area (TPSA) is 61.8 Å². The van der Waals surface area contributed by atoms with Gasteiger partial charge in [0.25, 0.3) is 5.56 Å². The second kappa shape index (κ2) is 4.77. The molecule has 0 amide bonds. The van der Waals surface area contributed by atoms with Crippen LogP contribution < -0.4 is 11.2 Å².